The van der Waals surface area contributed by atoms with Crippen molar-refractivity contribution in [3.05, 3.63) is 46.2 Å². The van der Waals surface area contributed by atoms with Crippen molar-refractivity contribution in [3.63, 3.8) is 0 Å². The van der Waals surface area contributed by atoms with E-state index in [0.29, 0.717) is 0 Å². The number of anilines is 1. The number of carboxylic acids is 1. The molecule has 116 valence electrons. The highest BCUT2D eigenvalue weighted by Gasteiger charge is 2.23. The number of carbonyl (C=O) groups excluding carboxylic acids is 1. The van der Waals surface area contributed by atoms with Gasteiger partial charge in [-0.1, -0.05) is 11.6 Å². The first-order chi connectivity index (χ1) is 10.3. The zero-order valence-electron chi connectivity index (χ0n) is 11.2. The monoisotopic (exact) mass is 329 g/mol. The van der Waals surface area contributed by atoms with E-state index in [9.17, 15) is 18.4 Å². The molecule has 0 saturated heterocycles. The number of hydrogen-bond acceptors (Lipinski definition) is 3. The van der Waals surface area contributed by atoms with Crippen molar-refractivity contribution in [2.24, 2.45) is 7.05 Å². The van der Waals surface area contributed by atoms with E-state index in [4.69, 9.17) is 16.7 Å². The summed E-state index contributed by atoms with van der Waals surface area (Å²) in [4.78, 5) is 23.2. The number of aromatic carboxylic acids is 1. The molecule has 0 fully saturated rings. The summed E-state index contributed by atoms with van der Waals surface area (Å²) in [5.41, 5.74) is -1.32. The van der Waals surface area contributed by atoms with Crippen molar-refractivity contribution in [1.82, 2.24) is 9.78 Å². The molecule has 0 aliphatic rings. The number of nitrogens with one attached hydrogen (secondary N) is 1. The Kier molecular flexibility index (Phi) is 4.41. The van der Waals surface area contributed by atoms with E-state index < -0.39 is 24.0 Å². The number of rotatable bonds is 4. The molecule has 6 nitrogen and oxygen atoms in total. The average molecular weight is 330 g/mol. The van der Waals surface area contributed by atoms with E-state index in [1.54, 1.807) is 0 Å². The molecule has 2 rings (SSSR count). The number of carbonyl (C=O) groups is 2. The Balaban J connectivity index is 2.37. The van der Waals surface area contributed by atoms with Crippen molar-refractivity contribution >= 4 is 29.2 Å². The van der Waals surface area contributed by atoms with Crippen LogP contribution in [0.3, 0.4) is 0 Å². The summed E-state index contributed by atoms with van der Waals surface area (Å²) in [6, 6.07) is 3.77. The molecule has 0 aliphatic heterocycles. The van der Waals surface area contributed by atoms with Crippen LogP contribution in [-0.2, 0) is 7.05 Å². The average Bonchev–Trinajstić information content (AvgIpc) is 2.81. The molecule has 0 unspecified atom stereocenters. The molecular weight excluding hydrogens is 320 g/mol. The largest absolute Gasteiger partial charge is 0.478 e. The van der Waals surface area contributed by atoms with E-state index in [1.807, 2.05) is 0 Å². The number of aryl methyl sites for hydroxylation is 1. The number of benzene rings is 1. The fourth-order valence-electron chi connectivity index (χ4n) is 1.84. The Morgan fingerprint density at radius 3 is 2.64 bits per heavy atom. The molecule has 22 heavy (non-hydrogen) atoms. The molecule has 0 aliphatic carbocycles. The molecule has 0 spiro atoms. The Morgan fingerprint density at radius 2 is 2.05 bits per heavy atom. The number of aromatic nitrogens is 2. The Morgan fingerprint density at radius 1 is 1.36 bits per heavy atom. The van der Waals surface area contributed by atoms with Crippen molar-refractivity contribution in [1.29, 1.82) is 0 Å². The maximum Gasteiger partial charge on any atom is 0.337 e. The van der Waals surface area contributed by atoms with E-state index in [1.165, 1.54) is 25.2 Å². The maximum atomic E-state index is 12.8. The van der Waals surface area contributed by atoms with E-state index >= 15 is 0 Å². The van der Waals surface area contributed by atoms with Crippen LogP contribution in [0.15, 0.2) is 24.4 Å². The third-order valence-corrected chi connectivity index (χ3v) is 3.00. The second-order valence-electron chi connectivity index (χ2n) is 4.35. The molecular formula is C13H10ClF2N3O3. The third kappa shape index (κ3) is 3.22. The summed E-state index contributed by atoms with van der Waals surface area (Å²) in [5.74, 6) is -2.18. The smallest absolute Gasteiger partial charge is 0.337 e. The Bertz CT molecular complexity index is 746. The van der Waals surface area contributed by atoms with Crippen LogP contribution in [-0.4, -0.2) is 26.8 Å². The van der Waals surface area contributed by atoms with Crippen LogP contribution in [0.5, 0.6) is 0 Å². The molecule has 1 amide bonds. The summed E-state index contributed by atoms with van der Waals surface area (Å²) >= 11 is 5.76. The van der Waals surface area contributed by atoms with Gasteiger partial charge in [0.15, 0.2) is 0 Å². The van der Waals surface area contributed by atoms with Gasteiger partial charge < -0.3 is 10.4 Å². The lowest BCUT2D eigenvalue weighted by atomic mass is 10.1. The van der Waals surface area contributed by atoms with Crippen LogP contribution in [0.4, 0.5) is 14.5 Å². The number of carboxylic acid groups (broad SMARTS) is 1. The van der Waals surface area contributed by atoms with Crippen molar-refractivity contribution in [3.8, 4) is 0 Å². The molecule has 1 heterocycles. The van der Waals surface area contributed by atoms with Gasteiger partial charge in [0.05, 0.1) is 16.8 Å². The SMILES string of the molecule is Cn1cc(C(=O)Nc2cc(Cl)ccc2C(=O)O)c(C(F)F)n1. The van der Waals surface area contributed by atoms with Crippen molar-refractivity contribution in [2.75, 3.05) is 5.32 Å². The van der Waals surface area contributed by atoms with Gasteiger partial charge in [0.2, 0.25) is 0 Å². The normalized spacial score (nSPS) is 10.8. The van der Waals surface area contributed by atoms with Crippen LogP contribution in [0.1, 0.15) is 32.8 Å². The minimum atomic E-state index is -2.93. The molecule has 0 atom stereocenters. The third-order valence-electron chi connectivity index (χ3n) is 2.77. The number of nitrogens with zero attached hydrogens (tertiary/aromatic N) is 2. The zero-order valence-corrected chi connectivity index (χ0v) is 11.9. The number of hydrogen-bond donors (Lipinski definition) is 2. The second-order valence-corrected chi connectivity index (χ2v) is 4.79. The van der Waals surface area contributed by atoms with Gasteiger partial charge in [0.25, 0.3) is 12.3 Å². The van der Waals surface area contributed by atoms with E-state index in [2.05, 4.69) is 10.4 Å². The first-order valence-corrected chi connectivity index (χ1v) is 6.33. The van der Waals surface area contributed by atoms with Crippen LogP contribution in [0.25, 0.3) is 0 Å². The van der Waals surface area contributed by atoms with Gasteiger partial charge in [0, 0.05) is 18.3 Å². The molecule has 2 aromatic rings. The topological polar surface area (TPSA) is 84.2 Å². The fourth-order valence-corrected chi connectivity index (χ4v) is 2.01. The highest BCUT2D eigenvalue weighted by Crippen LogP contribution is 2.25. The fraction of sp³-hybridized carbons (Fsp3) is 0.154. The van der Waals surface area contributed by atoms with E-state index in [0.717, 1.165) is 10.9 Å². The number of alkyl halides is 2. The lowest BCUT2D eigenvalue weighted by Crippen LogP contribution is -2.16. The minimum Gasteiger partial charge on any atom is -0.478 e. The second kappa shape index (κ2) is 6.10. The van der Waals surface area contributed by atoms with Gasteiger partial charge in [-0.25, -0.2) is 13.6 Å². The first-order valence-electron chi connectivity index (χ1n) is 5.95. The Hall–Kier alpha value is -2.48. The summed E-state index contributed by atoms with van der Waals surface area (Å²) < 4.78 is 26.8. The van der Waals surface area contributed by atoms with Crippen LogP contribution < -0.4 is 5.32 Å². The van der Waals surface area contributed by atoms with E-state index in [-0.39, 0.29) is 21.8 Å². The number of halogens is 3. The molecule has 1 aromatic carbocycles. The lowest BCUT2D eigenvalue weighted by Gasteiger charge is -2.09. The molecule has 0 radical (unpaired) electrons. The minimum absolute atomic E-state index is 0.0888. The lowest BCUT2D eigenvalue weighted by molar-refractivity contribution is 0.0698. The standard InChI is InChI=1S/C13H10ClF2N3O3/c1-19-5-8(10(18-19)11(15)16)12(20)17-9-4-6(14)2-3-7(9)13(21)22/h2-5,11H,1H3,(H,17,20)(H,21,22). The number of amides is 1. The maximum absolute atomic E-state index is 12.8. The predicted octanol–water partition coefficient (Wildman–Crippen LogP) is 2.96. The summed E-state index contributed by atoms with van der Waals surface area (Å²) in [7, 11) is 1.39. The van der Waals surface area contributed by atoms with Gasteiger partial charge in [-0.3, -0.25) is 9.48 Å². The van der Waals surface area contributed by atoms with Crippen LogP contribution in [0.2, 0.25) is 5.02 Å². The molecule has 2 N–H and O–H groups in total. The molecule has 0 bridgehead atoms. The first kappa shape index (κ1) is 15.9. The van der Waals surface area contributed by atoms with Gasteiger partial charge in [0.1, 0.15) is 5.69 Å². The van der Waals surface area contributed by atoms with Crippen molar-refractivity contribution < 1.29 is 23.5 Å². The zero-order chi connectivity index (χ0) is 16.4. The molecule has 0 saturated carbocycles. The van der Waals surface area contributed by atoms with Gasteiger partial charge >= 0.3 is 5.97 Å². The Labute approximate surface area is 128 Å². The van der Waals surface area contributed by atoms with Crippen molar-refractivity contribution in [2.45, 2.75) is 6.43 Å². The summed E-state index contributed by atoms with van der Waals surface area (Å²) in [6.45, 7) is 0. The highest BCUT2D eigenvalue weighted by molar-refractivity contribution is 6.31. The van der Waals surface area contributed by atoms with Gasteiger partial charge in [-0.05, 0) is 18.2 Å². The summed E-state index contributed by atoms with van der Waals surface area (Å²) in [5, 5.41) is 15.0. The summed E-state index contributed by atoms with van der Waals surface area (Å²) in [6.07, 6.45) is -1.80. The highest BCUT2D eigenvalue weighted by atomic mass is 35.5. The quantitative estimate of drug-likeness (QED) is 0.903. The molecule has 9 heteroatoms. The molecule has 1 aromatic heterocycles. The van der Waals surface area contributed by atoms with Gasteiger partial charge in [-0.15, -0.1) is 0 Å². The van der Waals surface area contributed by atoms with Crippen LogP contribution in [0, 0.1) is 0 Å². The predicted molar refractivity (Wildman–Crippen MR) is 74.5 cm³/mol. The van der Waals surface area contributed by atoms with Crippen LogP contribution >= 0.6 is 11.6 Å². The van der Waals surface area contributed by atoms with Gasteiger partial charge in [-0.2, -0.15) is 5.10 Å².